The maximum atomic E-state index is 10.2. The molecule has 1 unspecified atom stereocenters. The number of hydrogen-bond donors (Lipinski definition) is 2. The van der Waals surface area contributed by atoms with Gasteiger partial charge >= 0.3 is 0 Å². The summed E-state index contributed by atoms with van der Waals surface area (Å²) in [5, 5.41) is 24.0. The zero-order chi connectivity index (χ0) is 16.4. The molecule has 0 aliphatic heterocycles. The van der Waals surface area contributed by atoms with Crippen LogP contribution in [0, 0.1) is 6.92 Å². The van der Waals surface area contributed by atoms with Crippen molar-refractivity contribution in [1.29, 1.82) is 0 Å². The zero-order valence-electron chi connectivity index (χ0n) is 13.0. The number of benzene rings is 2. The van der Waals surface area contributed by atoms with E-state index in [1.165, 1.54) is 5.56 Å². The third kappa shape index (κ3) is 3.54. The monoisotopic (exact) mass is 342 g/mol. The highest BCUT2D eigenvalue weighted by Gasteiger charge is 2.14. The van der Waals surface area contributed by atoms with Gasteiger partial charge in [-0.3, -0.25) is 0 Å². The molecule has 0 radical (unpaired) electrons. The molecule has 0 fully saturated rings. The van der Waals surface area contributed by atoms with Crippen molar-refractivity contribution in [3.05, 3.63) is 69.9 Å². The zero-order valence-corrected chi connectivity index (χ0v) is 14.6. The van der Waals surface area contributed by atoms with Crippen LogP contribution in [0.3, 0.4) is 0 Å². The van der Waals surface area contributed by atoms with Gasteiger partial charge < -0.3 is 10.2 Å². The van der Waals surface area contributed by atoms with Crippen LogP contribution in [0.5, 0.6) is 11.5 Å². The van der Waals surface area contributed by atoms with E-state index in [4.69, 9.17) is 0 Å². The van der Waals surface area contributed by atoms with Gasteiger partial charge in [0.15, 0.2) is 0 Å². The van der Waals surface area contributed by atoms with Crippen LogP contribution in [-0.4, -0.2) is 10.2 Å². The van der Waals surface area contributed by atoms with Crippen LogP contribution >= 0.6 is 23.1 Å². The van der Waals surface area contributed by atoms with Gasteiger partial charge in [0.2, 0.25) is 0 Å². The summed E-state index contributed by atoms with van der Waals surface area (Å²) in [6.07, 6.45) is 0. The smallest absolute Gasteiger partial charge is 0.119 e. The van der Waals surface area contributed by atoms with E-state index in [2.05, 4.69) is 23.8 Å². The van der Waals surface area contributed by atoms with Gasteiger partial charge in [-0.25, -0.2) is 0 Å². The molecule has 2 N–H and O–H groups in total. The van der Waals surface area contributed by atoms with Crippen LogP contribution < -0.4 is 0 Å². The lowest BCUT2D eigenvalue weighted by molar-refractivity contribution is 0.465. The quantitative estimate of drug-likeness (QED) is 0.632. The van der Waals surface area contributed by atoms with Crippen LogP contribution in [0.4, 0.5) is 0 Å². The first-order valence-electron chi connectivity index (χ1n) is 7.37. The maximum Gasteiger partial charge on any atom is 0.119 e. The molecule has 3 rings (SSSR count). The molecule has 0 amide bonds. The molecule has 0 bridgehead atoms. The van der Waals surface area contributed by atoms with Crippen LogP contribution in [0.15, 0.2) is 63.0 Å². The number of phenolic OH excluding ortho intramolecular Hbond substituents is 2. The second kappa shape index (κ2) is 6.69. The van der Waals surface area contributed by atoms with Crippen LogP contribution in [-0.2, 0) is 0 Å². The molecule has 2 nitrogen and oxygen atoms in total. The standard InChI is InChI=1S/C19H18O2S2/c1-12-9-15(3-5-18(12)20)23-16-4-6-19(21)17(10-16)13(2)14-7-8-22-11-14/h3-11,13,20-21H,1-2H3. The fourth-order valence-electron chi connectivity index (χ4n) is 2.47. The minimum Gasteiger partial charge on any atom is -0.508 e. The Morgan fingerprint density at radius 2 is 1.65 bits per heavy atom. The van der Waals surface area contributed by atoms with E-state index < -0.39 is 0 Å². The summed E-state index contributed by atoms with van der Waals surface area (Å²) in [6.45, 7) is 4.00. The third-order valence-electron chi connectivity index (χ3n) is 3.91. The van der Waals surface area contributed by atoms with Crippen molar-refractivity contribution < 1.29 is 10.2 Å². The largest absolute Gasteiger partial charge is 0.508 e. The maximum absolute atomic E-state index is 10.2. The van der Waals surface area contributed by atoms with Gasteiger partial charge in [-0.2, -0.15) is 11.3 Å². The summed E-state index contributed by atoms with van der Waals surface area (Å²) >= 11 is 3.30. The van der Waals surface area contributed by atoms with Gasteiger partial charge in [0, 0.05) is 21.3 Å². The summed E-state index contributed by atoms with van der Waals surface area (Å²) in [5.74, 6) is 0.796. The highest BCUT2D eigenvalue weighted by molar-refractivity contribution is 7.99. The Balaban J connectivity index is 1.89. The summed E-state index contributed by atoms with van der Waals surface area (Å²) in [6, 6.07) is 13.4. The molecule has 4 heteroatoms. The molecule has 2 aromatic carbocycles. The van der Waals surface area contributed by atoms with Crippen molar-refractivity contribution in [2.24, 2.45) is 0 Å². The van der Waals surface area contributed by atoms with Gasteiger partial charge in [0.25, 0.3) is 0 Å². The number of aromatic hydroxyl groups is 2. The molecule has 0 aliphatic rings. The number of hydrogen-bond acceptors (Lipinski definition) is 4. The first-order valence-corrected chi connectivity index (χ1v) is 9.13. The Labute approximate surface area is 144 Å². The van der Waals surface area contributed by atoms with Crippen molar-refractivity contribution in [3.8, 4) is 11.5 Å². The minimum absolute atomic E-state index is 0.156. The van der Waals surface area contributed by atoms with E-state index in [0.717, 1.165) is 20.9 Å². The highest BCUT2D eigenvalue weighted by atomic mass is 32.2. The molecule has 0 saturated heterocycles. The second-order valence-electron chi connectivity index (χ2n) is 5.55. The molecule has 1 heterocycles. The topological polar surface area (TPSA) is 40.5 Å². The summed E-state index contributed by atoms with van der Waals surface area (Å²) in [7, 11) is 0. The van der Waals surface area contributed by atoms with Gasteiger partial charge in [-0.1, -0.05) is 18.7 Å². The fraction of sp³-hybridized carbons (Fsp3) is 0.158. The molecule has 0 spiro atoms. The van der Waals surface area contributed by atoms with Crippen molar-refractivity contribution >= 4 is 23.1 Å². The Morgan fingerprint density at radius 1 is 0.957 bits per heavy atom. The molecular weight excluding hydrogens is 324 g/mol. The molecule has 1 atom stereocenters. The van der Waals surface area contributed by atoms with Crippen LogP contribution in [0.2, 0.25) is 0 Å². The van der Waals surface area contributed by atoms with Gasteiger partial charge in [0.1, 0.15) is 11.5 Å². The Kier molecular flexibility index (Phi) is 4.64. The molecule has 0 aliphatic carbocycles. The summed E-state index contributed by atoms with van der Waals surface area (Å²) in [4.78, 5) is 2.14. The van der Waals surface area contributed by atoms with E-state index in [1.807, 2.05) is 31.2 Å². The van der Waals surface area contributed by atoms with Crippen molar-refractivity contribution in [2.45, 2.75) is 29.6 Å². The Bertz CT molecular complexity index is 810. The van der Waals surface area contributed by atoms with Crippen molar-refractivity contribution in [3.63, 3.8) is 0 Å². The average molecular weight is 342 g/mol. The van der Waals surface area contributed by atoms with Gasteiger partial charge in [0.05, 0.1) is 0 Å². The SMILES string of the molecule is Cc1cc(Sc2ccc(O)c(C(C)c3ccsc3)c2)ccc1O. The normalized spacial score (nSPS) is 12.3. The molecule has 1 aromatic heterocycles. The fourth-order valence-corrected chi connectivity index (χ4v) is 4.19. The van der Waals surface area contributed by atoms with E-state index in [9.17, 15) is 10.2 Å². The molecule has 118 valence electrons. The lowest BCUT2D eigenvalue weighted by Gasteiger charge is -2.14. The van der Waals surface area contributed by atoms with E-state index in [1.54, 1.807) is 35.2 Å². The van der Waals surface area contributed by atoms with E-state index in [0.29, 0.717) is 11.5 Å². The average Bonchev–Trinajstić information content (AvgIpc) is 3.06. The van der Waals surface area contributed by atoms with Crippen LogP contribution in [0.1, 0.15) is 29.5 Å². The summed E-state index contributed by atoms with van der Waals surface area (Å²) in [5.41, 5.74) is 3.01. The number of thiophene rings is 1. The first kappa shape index (κ1) is 16.0. The van der Waals surface area contributed by atoms with Crippen molar-refractivity contribution in [1.82, 2.24) is 0 Å². The highest BCUT2D eigenvalue weighted by Crippen LogP contribution is 2.37. The Morgan fingerprint density at radius 3 is 2.30 bits per heavy atom. The van der Waals surface area contributed by atoms with Crippen molar-refractivity contribution in [2.75, 3.05) is 0 Å². The molecule has 0 saturated carbocycles. The third-order valence-corrected chi connectivity index (χ3v) is 5.59. The Hall–Kier alpha value is -1.91. The molecule has 3 aromatic rings. The predicted molar refractivity (Wildman–Crippen MR) is 96.9 cm³/mol. The summed E-state index contributed by atoms with van der Waals surface area (Å²) < 4.78 is 0. The van der Waals surface area contributed by atoms with E-state index in [-0.39, 0.29) is 5.92 Å². The predicted octanol–water partition coefficient (Wildman–Crippen LogP) is 5.77. The molecule has 23 heavy (non-hydrogen) atoms. The number of rotatable bonds is 4. The lowest BCUT2D eigenvalue weighted by atomic mass is 9.95. The molecular formula is C19H18O2S2. The second-order valence-corrected chi connectivity index (χ2v) is 7.48. The first-order chi connectivity index (χ1) is 11.0. The minimum atomic E-state index is 0.156. The lowest BCUT2D eigenvalue weighted by Crippen LogP contribution is -1.95. The van der Waals surface area contributed by atoms with Gasteiger partial charge in [-0.15, -0.1) is 0 Å². The number of phenols is 2. The number of aryl methyl sites for hydroxylation is 1. The van der Waals surface area contributed by atoms with Crippen LogP contribution in [0.25, 0.3) is 0 Å². The van der Waals surface area contributed by atoms with Gasteiger partial charge in [-0.05, 0) is 71.3 Å². The van der Waals surface area contributed by atoms with E-state index >= 15 is 0 Å².